The first-order valence-corrected chi connectivity index (χ1v) is 10.7. The van der Waals surface area contributed by atoms with Gasteiger partial charge < -0.3 is 0 Å². The zero-order valence-corrected chi connectivity index (χ0v) is 16.8. The zero-order valence-electron chi connectivity index (χ0n) is 16.8. The molecule has 0 saturated carbocycles. The quantitative estimate of drug-likeness (QED) is 0.139. The second-order valence-electron chi connectivity index (χ2n) is 7.35. The van der Waals surface area contributed by atoms with Crippen molar-refractivity contribution in [3.63, 3.8) is 0 Å². The molecule has 0 radical (unpaired) electrons. The van der Waals surface area contributed by atoms with Crippen LogP contribution in [0.1, 0.15) is 117 Å². The number of amides is 1. The largest absolute Gasteiger partial charge is 0.345 e. The maximum Gasteiger partial charge on any atom is 0.345 e. The van der Waals surface area contributed by atoms with E-state index in [9.17, 15) is 10.0 Å². The Bertz CT molecular complexity index is 294. The Kier molecular flexibility index (Phi) is 15.8. The van der Waals surface area contributed by atoms with Gasteiger partial charge in [-0.2, -0.15) is 0 Å². The number of hydroxylamine groups is 3. The monoisotopic (exact) mass is 342 g/mol. The third-order valence-electron chi connectivity index (χ3n) is 5.08. The number of quaternary nitrogens is 1. The van der Waals surface area contributed by atoms with Crippen LogP contribution in [0.2, 0.25) is 0 Å². The van der Waals surface area contributed by atoms with Crippen molar-refractivity contribution in [2.24, 2.45) is 0 Å². The number of carbonyl (C=O) groups excluding carboxylic acids is 1. The van der Waals surface area contributed by atoms with Gasteiger partial charge in [0.2, 0.25) is 0 Å². The average molecular weight is 343 g/mol. The molecule has 1 unspecified atom stereocenters. The van der Waals surface area contributed by atoms with Gasteiger partial charge in [0.1, 0.15) is 13.1 Å². The average Bonchev–Trinajstić information content (AvgIpc) is 2.58. The first kappa shape index (κ1) is 23.6. The van der Waals surface area contributed by atoms with Crippen LogP contribution in [0.25, 0.3) is 0 Å². The van der Waals surface area contributed by atoms with Crippen LogP contribution in [-0.2, 0) is 4.79 Å². The fourth-order valence-corrected chi connectivity index (χ4v) is 3.33. The van der Waals surface area contributed by atoms with Gasteiger partial charge in [0.05, 0.1) is 6.42 Å². The predicted molar refractivity (Wildman–Crippen MR) is 103 cm³/mol. The van der Waals surface area contributed by atoms with E-state index in [1.54, 1.807) is 0 Å². The van der Waals surface area contributed by atoms with Gasteiger partial charge in [-0.05, 0) is 19.8 Å². The van der Waals surface area contributed by atoms with Crippen LogP contribution >= 0.6 is 0 Å². The van der Waals surface area contributed by atoms with Crippen LogP contribution in [0, 0.1) is 0 Å². The lowest BCUT2D eigenvalue weighted by molar-refractivity contribution is -1.04. The Morgan fingerprint density at radius 1 is 0.667 bits per heavy atom. The lowest BCUT2D eigenvalue weighted by atomic mass is 10.0. The third-order valence-corrected chi connectivity index (χ3v) is 5.08. The molecule has 3 heteroatoms. The smallest absolute Gasteiger partial charge is 0.228 e. The van der Waals surface area contributed by atoms with E-state index in [1.165, 1.54) is 70.6 Å². The minimum absolute atomic E-state index is 0.00224. The number of nitrogens with zero attached hydrogens (tertiary/aromatic N) is 1. The van der Waals surface area contributed by atoms with Gasteiger partial charge in [-0.15, -0.1) is 4.65 Å². The molecule has 24 heavy (non-hydrogen) atoms. The van der Waals surface area contributed by atoms with Crippen molar-refractivity contribution in [1.29, 1.82) is 0 Å². The molecule has 1 N–H and O–H groups in total. The highest BCUT2D eigenvalue weighted by Crippen LogP contribution is 2.14. The second-order valence-corrected chi connectivity index (χ2v) is 7.35. The Labute approximate surface area is 151 Å². The molecule has 0 spiro atoms. The van der Waals surface area contributed by atoms with E-state index in [4.69, 9.17) is 0 Å². The number of carbonyl (C=O) groups is 1. The molecule has 144 valence electrons. The van der Waals surface area contributed by atoms with Crippen LogP contribution in [0.15, 0.2) is 0 Å². The summed E-state index contributed by atoms with van der Waals surface area (Å²) >= 11 is 0. The molecule has 0 aliphatic rings. The summed E-state index contributed by atoms with van der Waals surface area (Å²) in [7, 11) is 0. The van der Waals surface area contributed by atoms with Gasteiger partial charge >= 0.3 is 5.91 Å². The molecule has 1 amide bonds. The van der Waals surface area contributed by atoms with Gasteiger partial charge in [-0.3, -0.25) is 0 Å². The van der Waals surface area contributed by atoms with E-state index in [0.717, 1.165) is 19.3 Å². The van der Waals surface area contributed by atoms with E-state index in [-0.39, 0.29) is 10.6 Å². The van der Waals surface area contributed by atoms with Crippen molar-refractivity contribution < 1.29 is 14.6 Å². The van der Waals surface area contributed by atoms with Gasteiger partial charge in [0, 0.05) is 0 Å². The summed E-state index contributed by atoms with van der Waals surface area (Å²) in [5, 5.41) is 10.3. The summed E-state index contributed by atoms with van der Waals surface area (Å²) in [5.41, 5.74) is 0. The van der Waals surface area contributed by atoms with Gasteiger partial charge in [-0.25, -0.2) is 10.0 Å². The normalized spacial score (nSPS) is 13.8. The molecule has 0 saturated heterocycles. The Morgan fingerprint density at radius 2 is 1.08 bits per heavy atom. The molecule has 0 fully saturated rings. The van der Waals surface area contributed by atoms with Crippen LogP contribution in [-0.4, -0.2) is 28.9 Å². The minimum atomic E-state index is -0.366. The van der Waals surface area contributed by atoms with Crippen molar-refractivity contribution in [1.82, 2.24) is 0 Å². The standard InChI is InChI=1S/C21H44NO2/c1-4-7-8-9-10-11-12-13-14-15-16-17-18-19-21(23)22(24,6-3)20-5-2/h24H,4-20H2,1-3H3/q+1. The van der Waals surface area contributed by atoms with Crippen LogP contribution < -0.4 is 0 Å². The summed E-state index contributed by atoms with van der Waals surface area (Å²) in [5.74, 6) is 0.00224. The predicted octanol–water partition coefficient (Wildman–Crippen LogP) is 6.63. The summed E-state index contributed by atoms with van der Waals surface area (Å²) < 4.78 is -0.366. The van der Waals surface area contributed by atoms with Crippen molar-refractivity contribution >= 4 is 5.91 Å². The van der Waals surface area contributed by atoms with E-state index >= 15 is 0 Å². The molecular weight excluding hydrogens is 298 g/mol. The molecule has 0 aromatic carbocycles. The molecule has 0 aromatic heterocycles. The molecule has 0 bridgehead atoms. The Morgan fingerprint density at radius 3 is 1.46 bits per heavy atom. The minimum Gasteiger partial charge on any atom is -0.228 e. The summed E-state index contributed by atoms with van der Waals surface area (Å²) in [4.78, 5) is 12.1. The van der Waals surface area contributed by atoms with Crippen LogP contribution in [0.5, 0.6) is 0 Å². The van der Waals surface area contributed by atoms with Crippen molar-refractivity contribution in [3.8, 4) is 0 Å². The molecule has 1 atom stereocenters. The maximum atomic E-state index is 12.1. The first-order valence-electron chi connectivity index (χ1n) is 10.7. The van der Waals surface area contributed by atoms with E-state index in [2.05, 4.69) is 6.92 Å². The SMILES string of the molecule is CCCCCCCCCCCCCCCC(=O)[N+](O)(CC)CCC. The van der Waals surface area contributed by atoms with E-state index in [0.29, 0.717) is 19.5 Å². The summed E-state index contributed by atoms with van der Waals surface area (Å²) in [6.07, 6.45) is 18.4. The number of rotatable bonds is 17. The first-order chi connectivity index (χ1) is 11.6. The summed E-state index contributed by atoms with van der Waals surface area (Å²) in [6.45, 7) is 7.21. The number of unbranched alkanes of at least 4 members (excludes halogenated alkanes) is 12. The van der Waals surface area contributed by atoms with Gasteiger partial charge in [-0.1, -0.05) is 90.9 Å². The Hall–Kier alpha value is -0.410. The third kappa shape index (κ3) is 12.0. The van der Waals surface area contributed by atoms with Crippen molar-refractivity contribution in [2.75, 3.05) is 13.1 Å². The lowest BCUT2D eigenvalue weighted by Gasteiger charge is -2.25. The molecular formula is C21H44NO2+. The molecule has 0 aliphatic carbocycles. The number of hydrogen-bond acceptors (Lipinski definition) is 2. The van der Waals surface area contributed by atoms with Crippen molar-refractivity contribution in [3.05, 3.63) is 0 Å². The molecule has 3 nitrogen and oxygen atoms in total. The van der Waals surface area contributed by atoms with Gasteiger partial charge in [0.25, 0.3) is 0 Å². The fourth-order valence-electron chi connectivity index (χ4n) is 3.33. The fraction of sp³-hybridized carbons (Fsp3) is 0.952. The van der Waals surface area contributed by atoms with Gasteiger partial charge in [0.15, 0.2) is 0 Å². The van der Waals surface area contributed by atoms with E-state index < -0.39 is 0 Å². The highest BCUT2D eigenvalue weighted by atomic mass is 16.6. The second kappa shape index (κ2) is 16.1. The Balaban J connectivity index is 3.40. The highest BCUT2D eigenvalue weighted by Gasteiger charge is 2.31. The van der Waals surface area contributed by atoms with Crippen LogP contribution in [0.3, 0.4) is 0 Å². The zero-order chi connectivity index (χ0) is 18.1. The van der Waals surface area contributed by atoms with Crippen molar-refractivity contribution in [2.45, 2.75) is 117 Å². The molecule has 0 aliphatic heterocycles. The highest BCUT2D eigenvalue weighted by molar-refractivity contribution is 5.68. The topological polar surface area (TPSA) is 37.3 Å². The number of hydrogen-bond donors (Lipinski definition) is 1. The molecule has 0 aromatic rings. The lowest BCUT2D eigenvalue weighted by Crippen LogP contribution is -2.50. The molecule has 0 rings (SSSR count). The van der Waals surface area contributed by atoms with E-state index in [1.807, 2.05) is 13.8 Å². The molecule has 0 heterocycles. The van der Waals surface area contributed by atoms with Crippen LogP contribution in [0.4, 0.5) is 0 Å². The maximum absolute atomic E-state index is 12.1. The summed E-state index contributed by atoms with van der Waals surface area (Å²) in [6, 6.07) is 0.